The second-order valence-corrected chi connectivity index (χ2v) is 12.7. The highest BCUT2D eigenvalue weighted by atomic mass is 16.7. The maximum Gasteiger partial charge on any atom is 0.338 e. The van der Waals surface area contributed by atoms with Crippen molar-refractivity contribution in [2.24, 2.45) is 0 Å². The van der Waals surface area contributed by atoms with Gasteiger partial charge in [-0.2, -0.15) is 0 Å². The summed E-state index contributed by atoms with van der Waals surface area (Å²) in [5, 5.41) is 32.0. The van der Waals surface area contributed by atoms with Gasteiger partial charge in [-0.1, -0.05) is 110 Å². The van der Waals surface area contributed by atoms with Gasteiger partial charge in [0.2, 0.25) is 12.2 Å². The molecule has 6 rings (SSSR count). The predicted molar refractivity (Wildman–Crippen MR) is 190 cm³/mol. The molecule has 1 amide bonds. The van der Waals surface area contributed by atoms with E-state index in [0.29, 0.717) is 33.8 Å². The second kappa shape index (κ2) is 16.9. The SMILES string of the molecule is C=CCOC(=O)[C@H]1O[C@@H](OC(=O)C2Cc3c(ccc(OC)c3OCc3ccccc3)CN2C(=O)C(c2ccccc2)c2ccccc2)[C@H](O)[C@@H](O)[C@@H]1O. The van der Waals surface area contributed by atoms with Gasteiger partial charge in [0.1, 0.15) is 37.6 Å². The van der Waals surface area contributed by atoms with E-state index in [4.69, 9.17) is 23.7 Å². The van der Waals surface area contributed by atoms with Gasteiger partial charge >= 0.3 is 11.9 Å². The summed E-state index contributed by atoms with van der Waals surface area (Å²) < 4.78 is 28.2. The molecule has 2 aliphatic rings. The van der Waals surface area contributed by atoms with Crippen molar-refractivity contribution in [2.75, 3.05) is 13.7 Å². The van der Waals surface area contributed by atoms with E-state index < -0.39 is 60.5 Å². The van der Waals surface area contributed by atoms with Gasteiger partial charge in [-0.05, 0) is 28.3 Å². The van der Waals surface area contributed by atoms with E-state index in [2.05, 4.69) is 6.58 Å². The Hall–Kier alpha value is -5.53. The Morgan fingerprint density at radius 3 is 2.08 bits per heavy atom. The minimum atomic E-state index is -1.94. The average molecular weight is 724 g/mol. The largest absolute Gasteiger partial charge is 0.493 e. The third-order valence-electron chi connectivity index (χ3n) is 9.33. The molecular weight excluding hydrogens is 682 g/mol. The lowest BCUT2D eigenvalue weighted by atomic mass is 9.86. The van der Waals surface area contributed by atoms with Crippen molar-refractivity contribution in [2.45, 2.75) is 62.2 Å². The van der Waals surface area contributed by atoms with Crippen LogP contribution >= 0.6 is 0 Å². The van der Waals surface area contributed by atoms with Crippen molar-refractivity contribution < 1.29 is 53.4 Å². The van der Waals surface area contributed by atoms with Crippen molar-refractivity contribution in [3.05, 3.63) is 144 Å². The van der Waals surface area contributed by atoms with Crippen LogP contribution in [0.15, 0.2) is 116 Å². The van der Waals surface area contributed by atoms with Crippen molar-refractivity contribution >= 4 is 17.8 Å². The number of nitrogens with zero attached hydrogens (tertiary/aromatic N) is 1. The van der Waals surface area contributed by atoms with Gasteiger partial charge < -0.3 is 43.9 Å². The maximum atomic E-state index is 14.9. The van der Waals surface area contributed by atoms with Crippen LogP contribution in [0.4, 0.5) is 0 Å². The fourth-order valence-corrected chi connectivity index (χ4v) is 6.60. The van der Waals surface area contributed by atoms with Crippen molar-refractivity contribution in [1.82, 2.24) is 4.90 Å². The van der Waals surface area contributed by atoms with Crippen LogP contribution in [-0.2, 0) is 48.2 Å². The third kappa shape index (κ3) is 8.11. The Morgan fingerprint density at radius 1 is 0.849 bits per heavy atom. The number of hydrogen-bond donors (Lipinski definition) is 3. The Balaban J connectivity index is 1.38. The number of aliphatic hydroxyl groups excluding tert-OH is 3. The number of fused-ring (bicyclic) bond motifs is 1. The lowest BCUT2D eigenvalue weighted by Crippen LogP contribution is -2.62. The minimum Gasteiger partial charge on any atom is -0.493 e. The van der Waals surface area contributed by atoms with Gasteiger partial charge in [0.05, 0.1) is 13.0 Å². The minimum absolute atomic E-state index is 0.0261. The number of methoxy groups -OCH3 is 1. The molecule has 12 heteroatoms. The van der Waals surface area contributed by atoms with Gasteiger partial charge in [-0.15, -0.1) is 0 Å². The smallest absolute Gasteiger partial charge is 0.338 e. The highest BCUT2D eigenvalue weighted by molar-refractivity contribution is 5.92. The molecule has 0 bridgehead atoms. The molecule has 12 nitrogen and oxygen atoms in total. The van der Waals surface area contributed by atoms with Gasteiger partial charge in [0.15, 0.2) is 17.6 Å². The highest BCUT2D eigenvalue weighted by Crippen LogP contribution is 2.41. The Labute approximate surface area is 306 Å². The fourth-order valence-electron chi connectivity index (χ4n) is 6.60. The zero-order chi connectivity index (χ0) is 37.5. The van der Waals surface area contributed by atoms with Crippen LogP contribution in [-0.4, -0.2) is 88.5 Å². The van der Waals surface area contributed by atoms with E-state index in [9.17, 15) is 29.7 Å². The molecule has 0 radical (unpaired) electrons. The summed E-state index contributed by atoms with van der Waals surface area (Å²) >= 11 is 0. The molecular formula is C41H41NO11. The number of aliphatic hydroxyl groups is 3. The third-order valence-corrected chi connectivity index (χ3v) is 9.33. The first-order chi connectivity index (χ1) is 25.7. The van der Waals surface area contributed by atoms with Crippen molar-refractivity contribution in [3.63, 3.8) is 0 Å². The molecule has 1 fully saturated rings. The Kier molecular flexibility index (Phi) is 11.9. The van der Waals surface area contributed by atoms with Gasteiger partial charge in [0, 0.05) is 18.5 Å². The molecule has 0 saturated carbocycles. The van der Waals surface area contributed by atoms with Crippen LogP contribution in [0.25, 0.3) is 0 Å². The number of amides is 1. The lowest BCUT2D eigenvalue weighted by Gasteiger charge is -2.41. The molecule has 53 heavy (non-hydrogen) atoms. The Bertz CT molecular complexity index is 1850. The van der Waals surface area contributed by atoms with E-state index in [0.717, 1.165) is 5.56 Å². The number of esters is 2. The summed E-state index contributed by atoms with van der Waals surface area (Å²) in [6, 6.07) is 30.1. The summed E-state index contributed by atoms with van der Waals surface area (Å²) in [6.07, 6.45) is -8.24. The number of hydrogen-bond acceptors (Lipinski definition) is 11. The molecule has 0 spiro atoms. The quantitative estimate of drug-likeness (QED) is 0.145. The van der Waals surface area contributed by atoms with Crippen LogP contribution in [0.2, 0.25) is 0 Å². The predicted octanol–water partition coefficient (Wildman–Crippen LogP) is 3.44. The number of carbonyl (C=O) groups is 3. The molecule has 4 aromatic carbocycles. The molecule has 1 saturated heterocycles. The fraction of sp³-hybridized carbons (Fsp3) is 0.293. The van der Waals surface area contributed by atoms with E-state index in [-0.39, 0.29) is 26.2 Å². The normalized spacial score (nSPS) is 22.3. The van der Waals surface area contributed by atoms with Crippen molar-refractivity contribution in [1.29, 1.82) is 0 Å². The second-order valence-electron chi connectivity index (χ2n) is 12.7. The number of rotatable bonds is 12. The molecule has 1 unspecified atom stereocenters. The highest BCUT2D eigenvalue weighted by Gasteiger charge is 2.50. The first kappa shape index (κ1) is 37.2. The van der Waals surface area contributed by atoms with Crippen LogP contribution in [0, 0.1) is 0 Å². The molecule has 2 heterocycles. The summed E-state index contributed by atoms with van der Waals surface area (Å²) in [5.74, 6) is -2.45. The maximum absolute atomic E-state index is 14.9. The Morgan fingerprint density at radius 2 is 1.47 bits per heavy atom. The zero-order valence-electron chi connectivity index (χ0n) is 29.0. The monoisotopic (exact) mass is 723 g/mol. The van der Waals surface area contributed by atoms with E-state index in [1.165, 1.54) is 18.1 Å². The zero-order valence-corrected chi connectivity index (χ0v) is 29.0. The first-order valence-corrected chi connectivity index (χ1v) is 17.1. The molecule has 4 aromatic rings. The van der Waals surface area contributed by atoms with Gasteiger partial charge in [-0.25, -0.2) is 9.59 Å². The molecule has 0 aliphatic carbocycles. The van der Waals surface area contributed by atoms with E-state index in [1.807, 2.05) is 97.1 Å². The first-order valence-electron chi connectivity index (χ1n) is 17.1. The van der Waals surface area contributed by atoms with Gasteiger partial charge in [0.25, 0.3) is 0 Å². The number of carbonyl (C=O) groups excluding carboxylic acids is 3. The van der Waals surface area contributed by atoms with E-state index in [1.54, 1.807) is 6.07 Å². The molecule has 3 N–H and O–H groups in total. The summed E-state index contributed by atoms with van der Waals surface area (Å²) in [5.41, 5.74) is 3.62. The van der Waals surface area contributed by atoms with Crippen LogP contribution in [0.1, 0.15) is 33.7 Å². The number of benzene rings is 4. The standard InChI is InChI=1S/C41H41NO11/c1-3-21-50-40(48)37-34(44)33(43)35(45)41(52-37)53-39(47)30-22-29-28(19-20-31(49-2)36(29)51-24-25-13-7-4-8-14-25)23-42(30)38(46)32(26-15-9-5-10-16-26)27-17-11-6-12-18-27/h3-20,30,32-35,37,41,43-45H,1,21-24H2,2H3/t30?,33-,34-,35+,37-,41-/m0/s1. The molecule has 6 atom stereocenters. The van der Waals surface area contributed by atoms with Crippen LogP contribution in [0.5, 0.6) is 11.5 Å². The molecule has 276 valence electrons. The van der Waals surface area contributed by atoms with E-state index >= 15 is 0 Å². The van der Waals surface area contributed by atoms with Crippen LogP contribution in [0.3, 0.4) is 0 Å². The van der Waals surface area contributed by atoms with Crippen LogP contribution < -0.4 is 9.47 Å². The number of ether oxygens (including phenoxy) is 5. The lowest BCUT2D eigenvalue weighted by molar-refractivity contribution is -0.288. The topological polar surface area (TPSA) is 161 Å². The summed E-state index contributed by atoms with van der Waals surface area (Å²) in [4.78, 5) is 43.3. The average Bonchev–Trinajstić information content (AvgIpc) is 3.19. The molecule has 0 aromatic heterocycles. The summed E-state index contributed by atoms with van der Waals surface area (Å²) in [6.45, 7) is 3.43. The summed E-state index contributed by atoms with van der Waals surface area (Å²) in [7, 11) is 1.50. The van der Waals surface area contributed by atoms with Gasteiger partial charge in [-0.3, -0.25) is 4.79 Å². The molecule has 2 aliphatic heterocycles. The van der Waals surface area contributed by atoms with Crippen molar-refractivity contribution in [3.8, 4) is 11.5 Å².